The highest BCUT2D eigenvalue weighted by Gasteiger charge is 1.82. The van der Waals surface area contributed by atoms with Crippen molar-refractivity contribution >= 4 is 0 Å². The van der Waals surface area contributed by atoms with Crippen LogP contribution in [0.1, 0.15) is 20.8 Å². The molecule has 10 heavy (non-hydrogen) atoms. The van der Waals surface area contributed by atoms with Gasteiger partial charge in [-0.05, 0) is 32.4 Å². The van der Waals surface area contributed by atoms with Crippen LogP contribution < -0.4 is 5.73 Å². The van der Waals surface area contributed by atoms with Crippen LogP contribution in [0.3, 0.4) is 0 Å². The van der Waals surface area contributed by atoms with Gasteiger partial charge in [-0.1, -0.05) is 18.2 Å². The van der Waals surface area contributed by atoms with Crippen molar-refractivity contribution in [3.63, 3.8) is 0 Å². The lowest BCUT2D eigenvalue weighted by Crippen LogP contribution is -1.89. The van der Waals surface area contributed by atoms with Gasteiger partial charge in [-0.3, -0.25) is 0 Å². The van der Waals surface area contributed by atoms with Gasteiger partial charge in [0.05, 0.1) is 0 Å². The topological polar surface area (TPSA) is 26.0 Å². The summed E-state index contributed by atoms with van der Waals surface area (Å²) in [7, 11) is 0. The van der Waals surface area contributed by atoms with E-state index in [1.54, 1.807) is 0 Å². The molecule has 0 fully saturated rings. The highest BCUT2D eigenvalue weighted by molar-refractivity contribution is 5.26. The first-order chi connectivity index (χ1) is 4.52. The summed E-state index contributed by atoms with van der Waals surface area (Å²) in [4.78, 5) is 0. The van der Waals surface area contributed by atoms with Crippen molar-refractivity contribution in [3.8, 4) is 0 Å². The fourth-order valence-corrected chi connectivity index (χ4v) is 0.789. The maximum atomic E-state index is 5.46. The standard InChI is InChI=1S/C9H15N/c1-7(2)5-8(3)6-9(4)10/h5-6H,1,10H2,2-4H3/b8-5-,9-6+. The summed E-state index contributed by atoms with van der Waals surface area (Å²) in [5, 5.41) is 0. The third-order valence-electron chi connectivity index (χ3n) is 0.929. The monoisotopic (exact) mass is 137 g/mol. The van der Waals surface area contributed by atoms with Crippen molar-refractivity contribution in [2.75, 3.05) is 0 Å². The van der Waals surface area contributed by atoms with Gasteiger partial charge in [-0.2, -0.15) is 0 Å². The van der Waals surface area contributed by atoms with Gasteiger partial charge < -0.3 is 5.73 Å². The van der Waals surface area contributed by atoms with Crippen molar-refractivity contribution in [2.45, 2.75) is 20.8 Å². The van der Waals surface area contributed by atoms with E-state index in [-0.39, 0.29) is 0 Å². The van der Waals surface area contributed by atoms with Crippen LogP contribution in [0.15, 0.2) is 35.6 Å². The summed E-state index contributed by atoms with van der Waals surface area (Å²) in [6, 6.07) is 0. The Labute approximate surface area is 62.9 Å². The summed E-state index contributed by atoms with van der Waals surface area (Å²) in [5.41, 5.74) is 8.49. The molecular formula is C9H15N. The van der Waals surface area contributed by atoms with Gasteiger partial charge in [0.2, 0.25) is 0 Å². The zero-order chi connectivity index (χ0) is 8.15. The molecular weight excluding hydrogens is 122 g/mol. The minimum Gasteiger partial charge on any atom is -0.402 e. The lowest BCUT2D eigenvalue weighted by molar-refractivity contribution is 1.28. The number of allylic oxidation sites excluding steroid dienone is 5. The summed E-state index contributed by atoms with van der Waals surface area (Å²) < 4.78 is 0. The second kappa shape index (κ2) is 3.94. The Morgan fingerprint density at radius 3 is 2.00 bits per heavy atom. The Hall–Kier alpha value is -0.980. The lowest BCUT2D eigenvalue weighted by Gasteiger charge is -1.93. The van der Waals surface area contributed by atoms with Gasteiger partial charge in [-0.15, -0.1) is 0 Å². The number of rotatable bonds is 2. The Kier molecular flexibility index (Phi) is 3.55. The highest BCUT2D eigenvalue weighted by atomic mass is 14.5. The third-order valence-corrected chi connectivity index (χ3v) is 0.929. The molecule has 0 rings (SSSR count). The van der Waals surface area contributed by atoms with Gasteiger partial charge in [0.25, 0.3) is 0 Å². The summed E-state index contributed by atoms with van der Waals surface area (Å²) in [6.07, 6.45) is 3.92. The molecule has 0 bridgehead atoms. The average Bonchev–Trinajstić information content (AvgIpc) is 1.58. The van der Waals surface area contributed by atoms with Gasteiger partial charge in [0, 0.05) is 5.70 Å². The van der Waals surface area contributed by atoms with Crippen LogP contribution in [0, 0.1) is 0 Å². The molecule has 1 heteroatoms. The minimum absolute atomic E-state index is 0.829. The molecule has 2 N–H and O–H groups in total. The smallest absolute Gasteiger partial charge is 0.00515 e. The van der Waals surface area contributed by atoms with E-state index in [0.29, 0.717) is 0 Å². The van der Waals surface area contributed by atoms with Crippen molar-refractivity contribution < 1.29 is 0 Å². The molecule has 0 atom stereocenters. The van der Waals surface area contributed by atoms with E-state index >= 15 is 0 Å². The van der Waals surface area contributed by atoms with Crippen LogP contribution >= 0.6 is 0 Å². The molecule has 56 valence electrons. The van der Waals surface area contributed by atoms with E-state index in [2.05, 4.69) is 6.58 Å². The predicted molar refractivity (Wildman–Crippen MR) is 46.5 cm³/mol. The summed E-state index contributed by atoms with van der Waals surface area (Å²) >= 11 is 0. The molecule has 0 amide bonds. The zero-order valence-corrected chi connectivity index (χ0v) is 6.94. The summed E-state index contributed by atoms with van der Waals surface area (Å²) in [6.45, 7) is 9.59. The number of nitrogens with two attached hydrogens (primary N) is 1. The molecule has 0 radical (unpaired) electrons. The molecule has 0 saturated carbocycles. The Morgan fingerprint density at radius 1 is 1.20 bits per heavy atom. The van der Waals surface area contributed by atoms with Gasteiger partial charge >= 0.3 is 0 Å². The van der Waals surface area contributed by atoms with Crippen molar-refractivity contribution in [1.82, 2.24) is 0 Å². The fraction of sp³-hybridized carbons (Fsp3) is 0.333. The van der Waals surface area contributed by atoms with Gasteiger partial charge in [-0.25, -0.2) is 0 Å². The Morgan fingerprint density at radius 2 is 1.70 bits per heavy atom. The SMILES string of the molecule is C=C(C)/C=C(C)\C=C(/C)N. The Balaban J connectivity index is 4.22. The largest absolute Gasteiger partial charge is 0.402 e. The maximum Gasteiger partial charge on any atom is 0.00515 e. The first-order valence-corrected chi connectivity index (χ1v) is 3.30. The second-order valence-electron chi connectivity index (χ2n) is 2.62. The molecule has 0 saturated heterocycles. The second-order valence-corrected chi connectivity index (χ2v) is 2.62. The maximum absolute atomic E-state index is 5.46. The molecule has 0 spiro atoms. The van der Waals surface area contributed by atoms with Crippen LogP contribution in [0.2, 0.25) is 0 Å². The van der Waals surface area contributed by atoms with Crippen LogP contribution in [-0.4, -0.2) is 0 Å². The highest BCUT2D eigenvalue weighted by Crippen LogP contribution is 2.01. The molecule has 0 aliphatic carbocycles. The Bertz CT molecular complexity index is 181. The molecule has 0 heterocycles. The van der Waals surface area contributed by atoms with E-state index in [1.807, 2.05) is 32.9 Å². The molecule has 0 aliphatic heterocycles. The van der Waals surface area contributed by atoms with E-state index in [1.165, 1.54) is 0 Å². The predicted octanol–water partition coefficient (Wildman–Crippen LogP) is 2.37. The fourth-order valence-electron chi connectivity index (χ4n) is 0.789. The van der Waals surface area contributed by atoms with Crippen molar-refractivity contribution in [2.24, 2.45) is 5.73 Å². The van der Waals surface area contributed by atoms with E-state index in [0.717, 1.165) is 16.8 Å². The van der Waals surface area contributed by atoms with Crippen molar-refractivity contribution in [1.29, 1.82) is 0 Å². The number of hydrogen-bond acceptors (Lipinski definition) is 1. The van der Waals surface area contributed by atoms with E-state index < -0.39 is 0 Å². The molecule has 0 aromatic heterocycles. The molecule has 0 aliphatic rings. The zero-order valence-electron chi connectivity index (χ0n) is 6.94. The van der Waals surface area contributed by atoms with Gasteiger partial charge in [0.1, 0.15) is 0 Å². The number of hydrogen-bond donors (Lipinski definition) is 1. The van der Waals surface area contributed by atoms with Crippen LogP contribution in [0.25, 0.3) is 0 Å². The third kappa shape index (κ3) is 5.16. The van der Waals surface area contributed by atoms with Gasteiger partial charge in [0.15, 0.2) is 0 Å². The van der Waals surface area contributed by atoms with E-state index in [4.69, 9.17) is 5.73 Å². The minimum atomic E-state index is 0.829. The normalized spacial score (nSPS) is 13.5. The first-order valence-electron chi connectivity index (χ1n) is 3.30. The molecule has 0 aromatic carbocycles. The van der Waals surface area contributed by atoms with E-state index in [9.17, 15) is 0 Å². The lowest BCUT2D eigenvalue weighted by atomic mass is 10.2. The van der Waals surface area contributed by atoms with Crippen LogP contribution in [-0.2, 0) is 0 Å². The molecule has 0 aromatic rings. The van der Waals surface area contributed by atoms with Crippen LogP contribution in [0.5, 0.6) is 0 Å². The molecule has 0 unspecified atom stereocenters. The van der Waals surface area contributed by atoms with Crippen molar-refractivity contribution in [3.05, 3.63) is 35.6 Å². The van der Waals surface area contributed by atoms with Crippen LogP contribution in [0.4, 0.5) is 0 Å². The first kappa shape index (κ1) is 9.02. The average molecular weight is 137 g/mol. The molecule has 1 nitrogen and oxygen atoms in total. The summed E-state index contributed by atoms with van der Waals surface area (Å²) in [5.74, 6) is 0. The quantitative estimate of drug-likeness (QED) is 0.581.